The van der Waals surface area contributed by atoms with E-state index >= 15 is 0 Å². The second kappa shape index (κ2) is 59.3. The van der Waals surface area contributed by atoms with Crippen molar-refractivity contribution in [2.75, 3.05) is 106 Å². The number of hydrogen-bond acceptors (Lipinski definition) is 54. The average molecular weight is 2150 g/mol. The highest BCUT2D eigenvalue weighted by Gasteiger charge is 2.56. The number of nitrogen functional groups attached to an aromatic ring is 2. The highest BCUT2D eigenvalue weighted by Crippen LogP contribution is 2.68. The number of carbonyl (C=O) groups excluding carboxylic acids is 6. The van der Waals surface area contributed by atoms with Crippen LogP contribution in [-0.2, 0) is 120 Å². The topological polar surface area (TPSA) is 938 Å². The summed E-state index contributed by atoms with van der Waals surface area (Å²) in [5, 5.41) is 188. The highest BCUT2D eigenvalue weighted by atomic mass is 32.1. The normalized spacial score (nSPS) is 31.1. The Morgan fingerprint density at radius 3 is 1.13 bits per heavy atom. The summed E-state index contributed by atoms with van der Waals surface area (Å²) in [6, 6.07) is 12.6. The summed E-state index contributed by atoms with van der Waals surface area (Å²) < 4.78 is 143. The third kappa shape index (κ3) is 34.4. The summed E-state index contributed by atoms with van der Waals surface area (Å²) in [6.07, 6.45) is -36.0. The fraction of sp³-hybridized carbons (Fsp3) is 0.658. The molecule has 32 atom stereocenters. The third-order valence-corrected chi connectivity index (χ3v) is 27.8. The van der Waals surface area contributed by atoms with Crippen molar-refractivity contribution in [3.63, 3.8) is 0 Å². The molecule has 0 spiro atoms. The van der Waals surface area contributed by atoms with E-state index in [9.17, 15) is 133 Å². The molecule has 0 saturated carbocycles. The molecule has 32 unspecified atom stereocenters. The number of amides is 6. The SMILES string of the molecule is C.C.C.C.C.CC(=O)NS.COP(=O)(OCC1OC(n2ccc(N)nc2=O)C(O)C1O)OP(=O)(OC)OC1OC(CO)C(O)C(O)C1NC(=O)CN.COP(=O)(OCC1OC(n2ccc(N)nc2=O)C(O)C1O)OP(=O)(OC)OC1OC(CO)C(O)C(O)C1NC(=O)CNC(C)=O.NC1C(O)OC(CO)C(O)C1O.O=C(CNC(=O)OCC1c2ccccc2-c2ccccc21)NC1C(O)OC(CO)C(O)C1O. The Labute approximate surface area is 817 Å². The maximum Gasteiger partial charge on any atom is 0.485 e. The fourth-order valence-corrected chi connectivity index (χ4v) is 19.0. The van der Waals surface area contributed by atoms with Gasteiger partial charge >= 0.3 is 48.8 Å². The minimum atomic E-state index is -5.11. The predicted octanol–water partition coefficient (Wildman–Crippen LogP) is -8.72. The first kappa shape index (κ1) is 130. The van der Waals surface area contributed by atoms with Gasteiger partial charge in [-0.2, -0.15) is 18.6 Å². The van der Waals surface area contributed by atoms with Gasteiger partial charge < -0.3 is 179 Å². The first-order valence-corrected chi connectivity index (χ1v) is 46.7. The number of carbonyl (C=O) groups is 6. The molecule has 0 bridgehead atoms. The molecule has 6 amide bonds. The van der Waals surface area contributed by atoms with E-state index in [4.69, 9.17) is 116 Å². The molecule has 11 rings (SSSR count). The minimum absolute atomic E-state index is 0. The third-order valence-electron chi connectivity index (χ3n) is 20.7. The van der Waals surface area contributed by atoms with E-state index in [1.807, 2.05) is 48.5 Å². The molecule has 7 aliphatic rings. The number of alkyl carbamates (subject to hydrolysis) is 1. The molecule has 8 heterocycles. The number of nitrogens with two attached hydrogens (primary N) is 4. The lowest BCUT2D eigenvalue weighted by Gasteiger charge is -2.42. The first-order valence-electron chi connectivity index (χ1n) is 40.4. The number of nitrogens with one attached hydrogen (secondary N) is 6. The van der Waals surface area contributed by atoms with Gasteiger partial charge in [0.05, 0.1) is 58.8 Å². The molecule has 2 aromatic heterocycles. The van der Waals surface area contributed by atoms with Gasteiger partial charge in [0.2, 0.25) is 29.5 Å². The predicted molar refractivity (Wildman–Crippen MR) is 489 cm³/mol. The van der Waals surface area contributed by atoms with Crippen molar-refractivity contribution in [2.45, 2.75) is 229 Å². The van der Waals surface area contributed by atoms with Crippen LogP contribution in [0.25, 0.3) is 11.1 Å². The van der Waals surface area contributed by atoms with Crippen molar-refractivity contribution in [1.82, 2.24) is 50.4 Å². The number of thiol groups is 1. The van der Waals surface area contributed by atoms with Gasteiger partial charge in [-0.25, -0.2) is 32.6 Å². The largest absolute Gasteiger partial charge is 0.485 e. The van der Waals surface area contributed by atoms with Crippen LogP contribution in [0.3, 0.4) is 0 Å². The van der Waals surface area contributed by atoms with Crippen LogP contribution in [-0.4, -0.2) is 400 Å². The summed E-state index contributed by atoms with van der Waals surface area (Å²) in [5.41, 5.74) is 23.9. The zero-order valence-electron chi connectivity index (χ0n) is 73.0. The summed E-state index contributed by atoms with van der Waals surface area (Å²) in [7, 11) is -16.8. The Kier molecular flexibility index (Phi) is 54.4. The maximum absolute atomic E-state index is 13.4. The van der Waals surface area contributed by atoms with Crippen LogP contribution in [0.5, 0.6) is 0 Å². The Morgan fingerprint density at radius 1 is 0.437 bits per heavy atom. The number of aliphatic hydroxyl groups excluding tert-OH is 18. The molecule has 0 radical (unpaired) electrons. The van der Waals surface area contributed by atoms with Gasteiger partial charge in [0.15, 0.2) is 37.6 Å². The van der Waals surface area contributed by atoms with Gasteiger partial charge in [0.1, 0.15) is 153 Å². The standard InChI is InChI=1S/C23H26N2O8.C21H35N5O17P2.C19H33N5O16P2.C6H13NO5.C2H5NOS.5CH4/c26-10-17-20(28)21(29)19(22(30)33-17)25-18(27)9-24-23(31)32-11-16-14-7-3-1-5-12(14)13-6-2-4-8-15(13)16;1-9(28)23-6-13(29)25-14-17(32)15(30)10(7-27)41-20(14)42-45(36,38-3)43-44(35,37-2)39-8-11-16(31)18(33)19(40-11)26-5-4-12(22)24-21(26)34;1-34-41(32,36-7-9-14(28)16(30)17(37-9)24-4-3-10(21)22-19(24)31)40-42(33,35-2)39-18-12(23-11(26)5-20)15(29)13(27)8(6-25)38-18;7-3-5(10)4(9)2(1-8)12-6(3)11;1-2(4)3-5;;;;;/h1-8,16-17,19-22,26,28-30H,9-11H2,(H,24,31)(H,25,27);4-5,10-11,14-20,27,30-33H,6-8H2,1-3H3,(H,23,28)(H,25,29)(H2,22,24,34);3-4,8-9,12-18,25,27-30H,5-7,20H2,1-2H3,(H,23,26)(H2,21,22,31);2-6,8-11H,1,7H2;5H,1H3,(H,3,4);5*1H4. The van der Waals surface area contributed by atoms with Crippen molar-refractivity contribution >= 4 is 91.4 Å². The number of phosphoric ester groups is 4. The van der Waals surface area contributed by atoms with Crippen molar-refractivity contribution in [1.29, 1.82) is 0 Å². The number of hydrogen-bond donors (Lipinski definition) is 29. The average Bonchev–Trinajstić information content (AvgIpc) is 1.63. The smallest absolute Gasteiger partial charge is 0.449 e. The Hall–Kier alpha value is -7.75. The zero-order chi connectivity index (χ0) is 102. The van der Waals surface area contributed by atoms with Crippen LogP contribution in [0, 0.1) is 0 Å². The van der Waals surface area contributed by atoms with E-state index in [0.29, 0.717) is 0 Å². The molecule has 66 heteroatoms. The molecule has 6 aliphatic heterocycles. The second-order valence-electron chi connectivity index (χ2n) is 29.9. The molecule has 61 nitrogen and oxygen atoms in total. The van der Waals surface area contributed by atoms with E-state index in [2.05, 4.69) is 54.1 Å². The fourth-order valence-electron chi connectivity index (χ4n) is 13.4. The summed E-state index contributed by atoms with van der Waals surface area (Å²) in [6.45, 7) is -3.48. The van der Waals surface area contributed by atoms with E-state index in [-0.39, 0.29) is 67.2 Å². The van der Waals surface area contributed by atoms with Crippen LogP contribution >= 0.6 is 44.1 Å². The number of fused-ring (bicyclic) bond motifs is 3. The van der Waals surface area contributed by atoms with E-state index in [1.165, 1.54) is 19.1 Å². The van der Waals surface area contributed by atoms with Crippen molar-refractivity contribution in [2.24, 2.45) is 11.5 Å². The molecule has 142 heavy (non-hydrogen) atoms. The van der Waals surface area contributed by atoms with Gasteiger partial charge in [-0.3, -0.25) is 69.3 Å². The van der Waals surface area contributed by atoms with Gasteiger partial charge in [0.25, 0.3) is 0 Å². The second-order valence-corrected chi connectivity index (χ2v) is 37.4. The molecule has 2 aromatic carbocycles. The van der Waals surface area contributed by atoms with Crippen LogP contribution in [0.2, 0.25) is 0 Å². The molecular formula is C76H132N14O47P4S. The molecule has 814 valence electrons. The zero-order valence-corrected chi connectivity index (χ0v) is 77.4. The number of aromatic nitrogens is 4. The Bertz CT molecular complexity index is 4920. The van der Waals surface area contributed by atoms with Gasteiger partial charge in [-0.15, -0.1) is 0 Å². The van der Waals surface area contributed by atoms with Gasteiger partial charge in [0, 0.05) is 60.6 Å². The molecule has 32 N–H and O–H groups in total. The number of benzene rings is 2. The lowest BCUT2D eigenvalue weighted by Crippen LogP contribution is -2.65. The van der Waals surface area contributed by atoms with Crippen LogP contribution in [0.1, 0.15) is 80.5 Å². The summed E-state index contributed by atoms with van der Waals surface area (Å²) in [5.74, 6) is -3.52. The lowest BCUT2D eigenvalue weighted by atomic mass is 9.97. The number of rotatable bonds is 34. The van der Waals surface area contributed by atoms with E-state index in [0.717, 1.165) is 79.1 Å². The number of anilines is 2. The Balaban J connectivity index is 0.000000656. The minimum Gasteiger partial charge on any atom is -0.449 e. The highest BCUT2D eigenvalue weighted by molar-refractivity contribution is 7.78. The summed E-state index contributed by atoms with van der Waals surface area (Å²) >= 11 is 3.42. The molecular weight excluding hydrogens is 2020 g/mol. The van der Waals surface area contributed by atoms with E-state index < -0.39 is 303 Å². The number of nitrogens with zero attached hydrogens (tertiary/aromatic N) is 4. The molecule has 1 aliphatic carbocycles. The number of ether oxygens (including phenoxy) is 7. The number of aliphatic hydroxyl groups is 18. The van der Waals surface area contributed by atoms with Crippen LogP contribution in [0.4, 0.5) is 16.4 Å². The Morgan fingerprint density at radius 2 is 0.775 bits per heavy atom. The van der Waals surface area contributed by atoms with Crippen molar-refractivity contribution in [3.8, 4) is 11.1 Å². The monoisotopic (exact) mass is 2150 g/mol. The molecule has 6 fully saturated rings. The van der Waals surface area contributed by atoms with E-state index in [1.54, 1.807) is 0 Å². The van der Waals surface area contributed by atoms with Crippen molar-refractivity contribution in [3.05, 3.63) is 105 Å². The molecule has 6 saturated heterocycles. The molecule has 4 aromatic rings. The number of phosphoric acid groups is 4. The maximum atomic E-state index is 13.4. The van der Waals surface area contributed by atoms with Crippen LogP contribution in [0.15, 0.2) is 82.6 Å². The first-order chi connectivity index (χ1) is 64.5. The lowest BCUT2D eigenvalue weighted by molar-refractivity contribution is -0.253. The van der Waals surface area contributed by atoms with Crippen molar-refractivity contribution < 1.29 is 217 Å². The van der Waals surface area contributed by atoms with Crippen LogP contribution < -0.4 is 65.6 Å². The van der Waals surface area contributed by atoms with Gasteiger partial charge in [-0.05, 0) is 34.4 Å². The summed E-state index contributed by atoms with van der Waals surface area (Å²) in [4.78, 5) is 101. The van der Waals surface area contributed by atoms with Gasteiger partial charge in [-0.1, -0.05) is 98.5 Å². The quantitative estimate of drug-likeness (QED) is 0.0153.